The van der Waals surface area contributed by atoms with Crippen molar-refractivity contribution in [2.24, 2.45) is 5.73 Å². The number of primary amides is 1. The average Bonchev–Trinajstić information content (AvgIpc) is 3.10. The Morgan fingerprint density at radius 3 is 2.81 bits per heavy atom. The van der Waals surface area contributed by atoms with Crippen LogP contribution in [-0.2, 0) is 16.1 Å². The van der Waals surface area contributed by atoms with Gasteiger partial charge in [0, 0.05) is 17.1 Å². The van der Waals surface area contributed by atoms with Gasteiger partial charge in [0.1, 0.15) is 0 Å². The van der Waals surface area contributed by atoms with Gasteiger partial charge in [-0.25, -0.2) is 0 Å². The van der Waals surface area contributed by atoms with E-state index in [1.807, 2.05) is 55.5 Å². The molecule has 0 bridgehead atoms. The highest BCUT2D eigenvalue weighted by molar-refractivity contribution is 8.00. The Morgan fingerprint density at radius 2 is 2.04 bits per heavy atom. The van der Waals surface area contributed by atoms with E-state index < -0.39 is 0 Å². The number of thioether (sulfide) groups is 1. The van der Waals surface area contributed by atoms with Crippen LogP contribution in [-0.4, -0.2) is 35.1 Å². The highest BCUT2D eigenvalue weighted by atomic mass is 32.2. The van der Waals surface area contributed by atoms with Crippen molar-refractivity contribution in [1.29, 1.82) is 0 Å². The first-order valence-corrected chi connectivity index (χ1v) is 10.1. The zero-order valence-corrected chi connectivity index (χ0v) is 16.3. The van der Waals surface area contributed by atoms with Crippen LogP contribution in [0.3, 0.4) is 0 Å². The summed E-state index contributed by atoms with van der Waals surface area (Å²) in [5, 5.41) is 2.96. The lowest BCUT2D eigenvalue weighted by Crippen LogP contribution is -2.39. The van der Waals surface area contributed by atoms with Crippen LogP contribution in [0.2, 0.25) is 0 Å². The number of amides is 2. The van der Waals surface area contributed by atoms with E-state index in [1.165, 1.54) is 17.3 Å². The molecule has 0 radical (unpaired) electrons. The van der Waals surface area contributed by atoms with Crippen molar-refractivity contribution in [2.75, 3.05) is 17.6 Å². The van der Waals surface area contributed by atoms with Crippen LogP contribution in [0.1, 0.15) is 24.0 Å². The Morgan fingerprint density at radius 1 is 1.22 bits per heavy atom. The fraction of sp³-hybridized carbons (Fsp3) is 0.333. The quantitative estimate of drug-likeness (QED) is 0.720. The first-order chi connectivity index (χ1) is 13.0. The van der Waals surface area contributed by atoms with Crippen molar-refractivity contribution in [3.63, 3.8) is 0 Å². The molecule has 1 unspecified atom stereocenters. The molecule has 2 aromatic carbocycles. The molecule has 1 aliphatic heterocycles. The van der Waals surface area contributed by atoms with Gasteiger partial charge in [0.05, 0.1) is 11.8 Å². The molecule has 0 saturated carbocycles. The number of carbonyl (C=O) groups excluding carboxylic acids is 2. The molecule has 5 nitrogen and oxygen atoms in total. The summed E-state index contributed by atoms with van der Waals surface area (Å²) in [6.07, 6.45) is 1.81. The largest absolute Gasteiger partial charge is 0.368 e. The SMILES string of the molecule is Cc1ccccc1SCC(=O)Nc1cccc(CN2CCCC2C(N)=O)c1. The van der Waals surface area contributed by atoms with E-state index in [9.17, 15) is 9.59 Å². The highest BCUT2D eigenvalue weighted by Crippen LogP contribution is 2.23. The van der Waals surface area contributed by atoms with E-state index in [2.05, 4.69) is 10.2 Å². The number of rotatable bonds is 7. The van der Waals surface area contributed by atoms with Crippen molar-refractivity contribution in [1.82, 2.24) is 4.90 Å². The van der Waals surface area contributed by atoms with Crippen molar-refractivity contribution < 1.29 is 9.59 Å². The van der Waals surface area contributed by atoms with Gasteiger partial charge in [-0.2, -0.15) is 0 Å². The van der Waals surface area contributed by atoms with Crippen LogP contribution in [0.25, 0.3) is 0 Å². The van der Waals surface area contributed by atoms with Gasteiger partial charge in [0.2, 0.25) is 11.8 Å². The minimum atomic E-state index is -0.259. The number of carbonyl (C=O) groups is 2. The number of anilines is 1. The summed E-state index contributed by atoms with van der Waals surface area (Å²) in [5.41, 5.74) is 8.50. The zero-order valence-electron chi connectivity index (χ0n) is 15.5. The fourth-order valence-electron chi connectivity index (χ4n) is 3.38. The number of nitrogens with zero attached hydrogens (tertiary/aromatic N) is 1. The third-order valence-corrected chi connectivity index (χ3v) is 5.92. The van der Waals surface area contributed by atoms with Crippen molar-refractivity contribution in [3.8, 4) is 0 Å². The van der Waals surface area contributed by atoms with Crippen LogP contribution in [0.5, 0.6) is 0 Å². The summed E-state index contributed by atoms with van der Waals surface area (Å²) in [6.45, 7) is 3.58. The Kier molecular flexibility index (Phi) is 6.53. The summed E-state index contributed by atoms with van der Waals surface area (Å²) in [6, 6.07) is 15.6. The van der Waals surface area contributed by atoms with Crippen LogP contribution in [0.4, 0.5) is 5.69 Å². The molecule has 1 fully saturated rings. The lowest BCUT2D eigenvalue weighted by molar-refractivity contribution is -0.122. The first kappa shape index (κ1) is 19.5. The molecule has 0 aromatic heterocycles. The maximum Gasteiger partial charge on any atom is 0.234 e. The highest BCUT2D eigenvalue weighted by Gasteiger charge is 2.28. The maximum atomic E-state index is 12.3. The number of benzene rings is 2. The van der Waals surface area contributed by atoms with Gasteiger partial charge in [-0.05, 0) is 55.6 Å². The first-order valence-electron chi connectivity index (χ1n) is 9.13. The predicted octanol–water partition coefficient (Wildman–Crippen LogP) is 3.18. The third kappa shape index (κ3) is 5.34. The lowest BCUT2D eigenvalue weighted by Gasteiger charge is -2.22. The van der Waals surface area contributed by atoms with Crippen LogP contribution < -0.4 is 11.1 Å². The van der Waals surface area contributed by atoms with Gasteiger partial charge in [-0.1, -0.05) is 30.3 Å². The zero-order chi connectivity index (χ0) is 19.2. The van der Waals surface area contributed by atoms with Crippen LogP contribution in [0, 0.1) is 6.92 Å². The minimum Gasteiger partial charge on any atom is -0.368 e. The predicted molar refractivity (Wildman–Crippen MR) is 110 cm³/mol. The van der Waals surface area contributed by atoms with Crippen molar-refractivity contribution in [2.45, 2.75) is 37.2 Å². The van der Waals surface area contributed by atoms with Gasteiger partial charge < -0.3 is 11.1 Å². The average molecular weight is 384 g/mol. The van der Waals surface area contributed by atoms with Gasteiger partial charge in [0.15, 0.2) is 0 Å². The monoisotopic (exact) mass is 383 g/mol. The van der Waals surface area contributed by atoms with E-state index >= 15 is 0 Å². The molecule has 27 heavy (non-hydrogen) atoms. The van der Waals surface area contributed by atoms with E-state index in [4.69, 9.17) is 5.73 Å². The normalized spacial score (nSPS) is 17.0. The molecule has 1 saturated heterocycles. The number of nitrogens with two attached hydrogens (primary N) is 1. The molecule has 1 heterocycles. The van der Waals surface area contributed by atoms with Gasteiger partial charge >= 0.3 is 0 Å². The number of hydrogen-bond donors (Lipinski definition) is 2. The van der Waals surface area contributed by atoms with Crippen molar-refractivity contribution in [3.05, 3.63) is 59.7 Å². The fourth-order valence-corrected chi connectivity index (χ4v) is 4.21. The van der Waals surface area contributed by atoms with E-state index in [1.54, 1.807) is 0 Å². The Bertz CT molecular complexity index is 825. The maximum absolute atomic E-state index is 12.3. The molecule has 142 valence electrons. The molecule has 2 aromatic rings. The Hall–Kier alpha value is -2.31. The molecule has 1 atom stereocenters. The smallest absolute Gasteiger partial charge is 0.234 e. The topological polar surface area (TPSA) is 75.4 Å². The van der Waals surface area contributed by atoms with Gasteiger partial charge in [-0.15, -0.1) is 11.8 Å². The molecular weight excluding hydrogens is 358 g/mol. The number of likely N-dealkylation sites (tertiary alicyclic amines) is 1. The molecule has 1 aliphatic rings. The minimum absolute atomic E-state index is 0.0309. The Labute approximate surface area is 164 Å². The standard InChI is InChI=1S/C21H25N3O2S/c1-15-6-2-3-10-19(15)27-14-20(25)23-17-8-4-7-16(12-17)13-24-11-5-9-18(24)21(22)26/h2-4,6-8,10,12,18H,5,9,11,13-14H2,1H3,(H2,22,26)(H,23,25). The second-order valence-electron chi connectivity index (χ2n) is 6.83. The molecule has 0 spiro atoms. The molecule has 3 N–H and O–H groups in total. The summed E-state index contributed by atoms with van der Waals surface area (Å²) >= 11 is 1.54. The molecule has 0 aliphatic carbocycles. The summed E-state index contributed by atoms with van der Waals surface area (Å²) in [4.78, 5) is 27.1. The second kappa shape index (κ2) is 9.06. The number of nitrogens with one attached hydrogen (secondary N) is 1. The van der Waals surface area contributed by atoms with Gasteiger partial charge in [-0.3, -0.25) is 14.5 Å². The lowest BCUT2D eigenvalue weighted by atomic mass is 10.1. The molecule has 3 rings (SSSR count). The van der Waals surface area contributed by atoms with E-state index in [0.29, 0.717) is 12.3 Å². The number of hydrogen-bond acceptors (Lipinski definition) is 4. The van der Waals surface area contributed by atoms with E-state index in [0.717, 1.165) is 35.5 Å². The third-order valence-electron chi connectivity index (χ3n) is 4.74. The van der Waals surface area contributed by atoms with Gasteiger partial charge in [0.25, 0.3) is 0 Å². The summed E-state index contributed by atoms with van der Waals surface area (Å²) in [7, 11) is 0. The van der Waals surface area contributed by atoms with Crippen LogP contribution in [0.15, 0.2) is 53.4 Å². The summed E-state index contributed by atoms with van der Waals surface area (Å²) < 4.78 is 0. The second-order valence-corrected chi connectivity index (χ2v) is 7.85. The molecular formula is C21H25N3O2S. The van der Waals surface area contributed by atoms with Crippen molar-refractivity contribution >= 4 is 29.3 Å². The van der Waals surface area contributed by atoms with E-state index in [-0.39, 0.29) is 17.9 Å². The number of aryl methyl sites for hydroxylation is 1. The Balaban J connectivity index is 1.56. The molecule has 6 heteroatoms. The van der Waals surface area contributed by atoms with Crippen LogP contribution >= 0.6 is 11.8 Å². The molecule has 2 amide bonds. The summed E-state index contributed by atoms with van der Waals surface area (Å²) in [5.74, 6) is 0.0760.